The van der Waals surface area contributed by atoms with Crippen molar-refractivity contribution < 1.29 is 4.74 Å². The summed E-state index contributed by atoms with van der Waals surface area (Å²) in [4.78, 5) is 4.21. The van der Waals surface area contributed by atoms with Crippen LogP contribution in [0, 0.1) is 5.92 Å². The van der Waals surface area contributed by atoms with Crippen LogP contribution >= 0.6 is 15.9 Å². The van der Waals surface area contributed by atoms with Gasteiger partial charge in [-0.15, -0.1) is 0 Å². The zero-order valence-corrected chi connectivity index (χ0v) is 12.9. The van der Waals surface area contributed by atoms with Gasteiger partial charge in [-0.3, -0.25) is 0 Å². The van der Waals surface area contributed by atoms with E-state index in [9.17, 15) is 0 Å². The molecule has 102 valence electrons. The van der Waals surface area contributed by atoms with Gasteiger partial charge in [-0.25, -0.2) is 4.98 Å². The Hall–Kier alpha value is -1.33. The van der Waals surface area contributed by atoms with Crippen LogP contribution in [-0.4, -0.2) is 16.7 Å². The molecular weight excluding hydrogens is 306 g/mol. The van der Waals surface area contributed by atoms with Crippen molar-refractivity contribution in [3.8, 4) is 11.4 Å². The lowest BCUT2D eigenvalue weighted by atomic mass is 10.0. The Balaban J connectivity index is 2.43. The zero-order valence-electron chi connectivity index (χ0n) is 11.3. The standard InChI is InChI=1S/C14H18BrN3O/c1-9(2)14(16)12-7-17-8-18(12)10-4-5-13(19-3)11(15)6-10/h4-9,14H,16H2,1-3H3. The molecule has 2 rings (SSSR count). The van der Waals surface area contributed by atoms with Gasteiger partial charge in [0.15, 0.2) is 0 Å². The molecule has 0 fully saturated rings. The van der Waals surface area contributed by atoms with Crippen LogP contribution in [0.2, 0.25) is 0 Å². The molecule has 0 aliphatic heterocycles. The number of benzene rings is 1. The highest BCUT2D eigenvalue weighted by molar-refractivity contribution is 9.10. The third-order valence-electron chi connectivity index (χ3n) is 3.14. The van der Waals surface area contributed by atoms with Crippen LogP contribution in [-0.2, 0) is 0 Å². The number of methoxy groups -OCH3 is 1. The van der Waals surface area contributed by atoms with Gasteiger partial charge < -0.3 is 15.0 Å². The van der Waals surface area contributed by atoms with Crippen molar-refractivity contribution in [1.29, 1.82) is 0 Å². The molecule has 0 aliphatic rings. The molecule has 0 saturated carbocycles. The smallest absolute Gasteiger partial charge is 0.133 e. The van der Waals surface area contributed by atoms with Crippen LogP contribution in [0.25, 0.3) is 5.69 Å². The lowest BCUT2D eigenvalue weighted by Gasteiger charge is -2.18. The minimum absolute atomic E-state index is 0.0385. The first-order valence-electron chi connectivity index (χ1n) is 6.16. The van der Waals surface area contributed by atoms with Gasteiger partial charge in [0, 0.05) is 11.7 Å². The Kier molecular flexibility index (Phi) is 4.27. The molecule has 1 aromatic carbocycles. The van der Waals surface area contributed by atoms with Crippen LogP contribution in [0.15, 0.2) is 35.2 Å². The Morgan fingerprint density at radius 2 is 2.11 bits per heavy atom. The topological polar surface area (TPSA) is 53.1 Å². The summed E-state index contributed by atoms with van der Waals surface area (Å²) in [6, 6.07) is 5.87. The number of hydrogen-bond donors (Lipinski definition) is 1. The van der Waals surface area contributed by atoms with Crippen LogP contribution in [0.4, 0.5) is 0 Å². The summed E-state index contributed by atoms with van der Waals surface area (Å²) in [7, 11) is 1.65. The second-order valence-corrected chi connectivity index (χ2v) is 5.63. The maximum Gasteiger partial charge on any atom is 0.133 e. The Labute approximate surface area is 121 Å². The molecule has 0 bridgehead atoms. The first-order valence-corrected chi connectivity index (χ1v) is 6.95. The van der Waals surface area contributed by atoms with E-state index in [4.69, 9.17) is 10.5 Å². The number of nitrogens with zero attached hydrogens (tertiary/aromatic N) is 2. The summed E-state index contributed by atoms with van der Waals surface area (Å²) in [5, 5.41) is 0. The predicted molar refractivity (Wildman–Crippen MR) is 79.6 cm³/mol. The molecule has 0 spiro atoms. The molecule has 1 aromatic heterocycles. The lowest BCUT2D eigenvalue weighted by molar-refractivity contribution is 0.412. The number of rotatable bonds is 4. The normalized spacial score (nSPS) is 12.7. The molecule has 0 radical (unpaired) electrons. The molecule has 2 N–H and O–H groups in total. The number of nitrogens with two attached hydrogens (primary N) is 1. The maximum absolute atomic E-state index is 6.22. The minimum Gasteiger partial charge on any atom is -0.496 e. The quantitative estimate of drug-likeness (QED) is 0.939. The van der Waals surface area contributed by atoms with Gasteiger partial charge in [-0.1, -0.05) is 13.8 Å². The zero-order chi connectivity index (χ0) is 14.0. The minimum atomic E-state index is -0.0385. The van der Waals surface area contributed by atoms with Gasteiger partial charge >= 0.3 is 0 Å². The van der Waals surface area contributed by atoms with Crippen LogP contribution in [0.5, 0.6) is 5.75 Å². The number of aromatic nitrogens is 2. The van der Waals surface area contributed by atoms with E-state index in [1.54, 1.807) is 13.4 Å². The Morgan fingerprint density at radius 1 is 1.37 bits per heavy atom. The third-order valence-corrected chi connectivity index (χ3v) is 3.76. The highest BCUT2D eigenvalue weighted by Gasteiger charge is 2.16. The van der Waals surface area contributed by atoms with E-state index in [0.29, 0.717) is 5.92 Å². The molecule has 1 heterocycles. The van der Waals surface area contributed by atoms with E-state index >= 15 is 0 Å². The van der Waals surface area contributed by atoms with Gasteiger partial charge in [0.2, 0.25) is 0 Å². The molecule has 0 aliphatic carbocycles. The van der Waals surface area contributed by atoms with E-state index in [2.05, 4.69) is 34.8 Å². The van der Waals surface area contributed by atoms with E-state index in [1.807, 2.05) is 29.0 Å². The summed E-state index contributed by atoms with van der Waals surface area (Å²) < 4.78 is 8.15. The summed E-state index contributed by atoms with van der Waals surface area (Å²) in [6.45, 7) is 4.21. The Morgan fingerprint density at radius 3 is 2.68 bits per heavy atom. The SMILES string of the molecule is COc1ccc(-n2cncc2C(N)C(C)C)cc1Br. The van der Waals surface area contributed by atoms with E-state index in [0.717, 1.165) is 21.6 Å². The van der Waals surface area contributed by atoms with Gasteiger partial charge in [0.1, 0.15) is 5.75 Å². The van der Waals surface area contributed by atoms with Crippen molar-refractivity contribution in [1.82, 2.24) is 9.55 Å². The average molecular weight is 324 g/mol. The molecule has 19 heavy (non-hydrogen) atoms. The third kappa shape index (κ3) is 2.82. The fraction of sp³-hybridized carbons (Fsp3) is 0.357. The second-order valence-electron chi connectivity index (χ2n) is 4.78. The van der Waals surface area contributed by atoms with Gasteiger partial charge in [0.25, 0.3) is 0 Å². The van der Waals surface area contributed by atoms with Crippen molar-refractivity contribution in [2.45, 2.75) is 19.9 Å². The fourth-order valence-electron chi connectivity index (χ4n) is 1.91. The van der Waals surface area contributed by atoms with Gasteiger partial charge in [-0.05, 0) is 40.0 Å². The Bertz CT molecular complexity index is 566. The van der Waals surface area contributed by atoms with Crippen molar-refractivity contribution >= 4 is 15.9 Å². The molecule has 5 heteroatoms. The van der Waals surface area contributed by atoms with Gasteiger partial charge in [-0.2, -0.15) is 0 Å². The molecule has 2 aromatic rings. The van der Waals surface area contributed by atoms with Crippen LogP contribution < -0.4 is 10.5 Å². The predicted octanol–water partition coefficient (Wildman–Crippen LogP) is 3.30. The first kappa shape index (κ1) is 14.1. The number of ether oxygens (including phenoxy) is 1. The highest BCUT2D eigenvalue weighted by atomic mass is 79.9. The summed E-state index contributed by atoms with van der Waals surface area (Å²) in [6.07, 6.45) is 3.61. The second kappa shape index (κ2) is 5.75. The highest BCUT2D eigenvalue weighted by Crippen LogP contribution is 2.29. The van der Waals surface area contributed by atoms with E-state index in [1.165, 1.54) is 0 Å². The molecule has 4 nitrogen and oxygen atoms in total. The lowest BCUT2D eigenvalue weighted by Crippen LogP contribution is -2.19. The summed E-state index contributed by atoms with van der Waals surface area (Å²) in [5.41, 5.74) is 8.23. The number of hydrogen-bond acceptors (Lipinski definition) is 3. The molecule has 1 atom stereocenters. The monoisotopic (exact) mass is 323 g/mol. The van der Waals surface area contributed by atoms with Crippen molar-refractivity contribution in [3.63, 3.8) is 0 Å². The van der Waals surface area contributed by atoms with Crippen molar-refractivity contribution in [2.75, 3.05) is 7.11 Å². The summed E-state index contributed by atoms with van der Waals surface area (Å²) >= 11 is 3.49. The first-order chi connectivity index (χ1) is 9.04. The molecule has 0 saturated heterocycles. The van der Waals surface area contributed by atoms with E-state index in [-0.39, 0.29) is 6.04 Å². The molecule has 0 amide bonds. The number of imidazole rings is 1. The van der Waals surface area contributed by atoms with Gasteiger partial charge in [0.05, 0.1) is 29.8 Å². The fourth-order valence-corrected chi connectivity index (χ4v) is 2.44. The van der Waals surface area contributed by atoms with Crippen LogP contribution in [0.3, 0.4) is 0 Å². The molecular formula is C14H18BrN3O. The summed E-state index contributed by atoms with van der Waals surface area (Å²) in [5.74, 6) is 1.16. The average Bonchev–Trinajstić information content (AvgIpc) is 2.86. The van der Waals surface area contributed by atoms with Crippen molar-refractivity contribution in [2.24, 2.45) is 11.7 Å². The number of halogens is 1. The molecule has 1 unspecified atom stereocenters. The largest absolute Gasteiger partial charge is 0.496 e. The maximum atomic E-state index is 6.22. The van der Waals surface area contributed by atoms with Crippen molar-refractivity contribution in [3.05, 3.63) is 40.9 Å². The van der Waals surface area contributed by atoms with Crippen LogP contribution in [0.1, 0.15) is 25.6 Å². The van der Waals surface area contributed by atoms with E-state index < -0.39 is 0 Å².